The molecule has 0 aromatic rings. The summed E-state index contributed by atoms with van der Waals surface area (Å²) in [5.74, 6) is 0. The molecule has 0 aliphatic carbocycles. The molecule has 3 nitrogen and oxygen atoms in total. The van der Waals surface area contributed by atoms with Crippen molar-refractivity contribution in [2.75, 3.05) is 46.6 Å². The zero-order chi connectivity index (χ0) is 9.23. The van der Waals surface area contributed by atoms with Crippen LogP contribution in [0.25, 0.3) is 0 Å². The summed E-state index contributed by atoms with van der Waals surface area (Å²) >= 11 is 0. The molecule has 0 radical (unpaired) electrons. The average molecular weight is 178 g/mol. The number of methoxy groups -OCH3 is 1. The fourth-order valence-corrected chi connectivity index (χ4v) is 1.02. The maximum atomic E-state index is 11.8. The maximum Gasteiger partial charge on any atom is 0.0906 e. The zero-order valence-electron chi connectivity index (χ0n) is 7.76. The Bertz CT molecular complexity index is 85.1. The Hall–Kier alpha value is -0.190. The molecule has 4 heteroatoms. The Balaban J connectivity index is 3.40. The Morgan fingerprint density at radius 3 is 2.58 bits per heavy atom. The number of nitrogens with two attached hydrogens (primary N) is 1. The lowest BCUT2D eigenvalue weighted by Crippen LogP contribution is -2.33. The first-order valence-electron chi connectivity index (χ1n) is 4.32. The van der Waals surface area contributed by atoms with Gasteiger partial charge in [-0.1, -0.05) is 0 Å². The Morgan fingerprint density at radius 2 is 2.08 bits per heavy atom. The van der Waals surface area contributed by atoms with Gasteiger partial charge < -0.3 is 10.5 Å². The number of rotatable bonds is 8. The summed E-state index contributed by atoms with van der Waals surface area (Å²) in [7, 11) is 1.66. The number of hydrogen-bond acceptors (Lipinski definition) is 3. The molecule has 0 unspecified atom stereocenters. The van der Waals surface area contributed by atoms with Gasteiger partial charge in [0.25, 0.3) is 0 Å². The van der Waals surface area contributed by atoms with Crippen LogP contribution in [0, 0.1) is 0 Å². The van der Waals surface area contributed by atoms with Gasteiger partial charge in [0.2, 0.25) is 0 Å². The summed E-state index contributed by atoms with van der Waals surface area (Å²) in [5.41, 5.74) is 5.40. The number of nitrogens with zero attached hydrogens (tertiary/aromatic N) is 1. The highest BCUT2D eigenvalue weighted by molar-refractivity contribution is 4.57. The fraction of sp³-hybridized carbons (Fsp3) is 1.00. The lowest BCUT2D eigenvalue weighted by atomic mass is 10.4. The third-order valence-corrected chi connectivity index (χ3v) is 1.66. The largest absolute Gasteiger partial charge is 0.383 e. The van der Waals surface area contributed by atoms with Gasteiger partial charge in [-0.3, -0.25) is 9.29 Å². The van der Waals surface area contributed by atoms with Gasteiger partial charge in [0.1, 0.15) is 0 Å². The smallest absolute Gasteiger partial charge is 0.0906 e. The number of hydrogen-bond donors (Lipinski definition) is 1. The van der Waals surface area contributed by atoms with E-state index in [0.29, 0.717) is 19.6 Å². The summed E-state index contributed by atoms with van der Waals surface area (Å²) in [6, 6.07) is 0. The molecule has 12 heavy (non-hydrogen) atoms. The molecular weight excluding hydrogens is 159 g/mol. The number of halogens is 1. The molecule has 0 aliphatic heterocycles. The van der Waals surface area contributed by atoms with Crippen LogP contribution in [0.15, 0.2) is 0 Å². The second kappa shape index (κ2) is 8.90. The monoisotopic (exact) mass is 178 g/mol. The molecule has 0 spiro atoms. The van der Waals surface area contributed by atoms with E-state index in [1.54, 1.807) is 7.11 Å². The second-order valence-corrected chi connectivity index (χ2v) is 2.67. The Kier molecular flexibility index (Phi) is 8.76. The van der Waals surface area contributed by atoms with Gasteiger partial charge in [-0.05, 0) is 6.42 Å². The van der Waals surface area contributed by atoms with Gasteiger partial charge in [0.15, 0.2) is 0 Å². The van der Waals surface area contributed by atoms with Crippen molar-refractivity contribution in [1.29, 1.82) is 0 Å². The summed E-state index contributed by atoms with van der Waals surface area (Å²) in [5, 5.41) is 0. The quantitative estimate of drug-likeness (QED) is 0.579. The zero-order valence-corrected chi connectivity index (χ0v) is 7.76. The van der Waals surface area contributed by atoms with Crippen molar-refractivity contribution in [1.82, 2.24) is 4.90 Å². The van der Waals surface area contributed by atoms with Gasteiger partial charge >= 0.3 is 0 Å². The second-order valence-electron chi connectivity index (χ2n) is 2.67. The molecular formula is C8H19FN2O. The molecule has 0 aromatic heterocycles. The highest BCUT2D eigenvalue weighted by atomic mass is 19.1. The van der Waals surface area contributed by atoms with Gasteiger partial charge in [-0.15, -0.1) is 0 Å². The van der Waals surface area contributed by atoms with Gasteiger partial charge in [0, 0.05) is 33.3 Å². The van der Waals surface area contributed by atoms with Crippen LogP contribution in [-0.2, 0) is 4.74 Å². The van der Waals surface area contributed by atoms with Crippen molar-refractivity contribution in [3.8, 4) is 0 Å². The van der Waals surface area contributed by atoms with Crippen molar-refractivity contribution in [2.45, 2.75) is 6.42 Å². The summed E-state index contributed by atoms with van der Waals surface area (Å²) in [4.78, 5) is 2.11. The minimum absolute atomic E-state index is 0.256. The van der Waals surface area contributed by atoms with Crippen molar-refractivity contribution in [3.05, 3.63) is 0 Å². The third-order valence-electron chi connectivity index (χ3n) is 1.66. The predicted octanol–water partition coefficient (Wildman–Crippen LogP) is 0.253. The number of alkyl halides is 1. The fourth-order valence-electron chi connectivity index (χ4n) is 1.02. The van der Waals surface area contributed by atoms with Gasteiger partial charge in [-0.25, -0.2) is 0 Å². The molecule has 0 aromatic carbocycles. The van der Waals surface area contributed by atoms with Gasteiger partial charge in [0.05, 0.1) is 13.3 Å². The van der Waals surface area contributed by atoms with Crippen LogP contribution in [0.2, 0.25) is 0 Å². The third kappa shape index (κ3) is 6.52. The van der Waals surface area contributed by atoms with Crippen LogP contribution in [0.4, 0.5) is 4.39 Å². The molecule has 2 N–H and O–H groups in total. The summed E-state index contributed by atoms with van der Waals surface area (Å²) < 4.78 is 16.7. The SMILES string of the molecule is COCCN(CCN)CCCF. The molecule has 0 bridgehead atoms. The minimum atomic E-state index is -0.256. The molecule has 0 heterocycles. The average Bonchev–Trinajstić information content (AvgIpc) is 2.10. The Morgan fingerprint density at radius 1 is 1.33 bits per heavy atom. The lowest BCUT2D eigenvalue weighted by molar-refractivity contribution is 0.147. The molecule has 74 valence electrons. The van der Waals surface area contributed by atoms with E-state index < -0.39 is 0 Å². The van der Waals surface area contributed by atoms with Crippen LogP contribution in [-0.4, -0.2) is 51.5 Å². The van der Waals surface area contributed by atoms with E-state index in [4.69, 9.17) is 10.5 Å². The van der Waals surface area contributed by atoms with E-state index in [1.807, 2.05) is 0 Å². The van der Waals surface area contributed by atoms with Crippen molar-refractivity contribution in [3.63, 3.8) is 0 Å². The number of ether oxygens (including phenoxy) is 1. The molecule has 0 amide bonds. The van der Waals surface area contributed by atoms with Crippen molar-refractivity contribution >= 4 is 0 Å². The van der Waals surface area contributed by atoms with Crippen molar-refractivity contribution < 1.29 is 9.13 Å². The Labute approximate surface area is 73.7 Å². The summed E-state index contributed by atoms with van der Waals surface area (Å²) in [6.45, 7) is 3.49. The maximum absolute atomic E-state index is 11.8. The minimum Gasteiger partial charge on any atom is -0.383 e. The van der Waals surface area contributed by atoms with E-state index in [0.717, 1.165) is 19.6 Å². The lowest BCUT2D eigenvalue weighted by Gasteiger charge is -2.19. The first-order valence-corrected chi connectivity index (χ1v) is 4.32. The predicted molar refractivity (Wildman–Crippen MR) is 48.0 cm³/mol. The van der Waals surface area contributed by atoms with E-state index >= 15 is 0 Å². The molecule has 0 fully saturated rings. The van der Waals surface area contributed by atoms with Crippen LogP contribution < -0.4 is 5.73 Å². The highest BCUT2D eigenvalue weighted by Crippen LogP contribution is 1.91. The van der Waals surface area contributed by atoms with Crippen LogP contribution in [0.3, 0.4) is 0 Å². The molecule has 0 saturated carbocycles. The van der Waals surface area contributed by atoms with E-state index in [1.165, 1.54) is 0 Å². The topological polar surface area (TPSA) is 38.5 Å². The van der Waals surface area contributed by atoms with E-state index in [-0.39, 0.29) is 6.67 Å². The summed E-state index contributed by atoms with van der Waals surface area (Å²) in [6.07, 6.45) is 0.587. The van der Waals surface area contributed by atoms with Crippen molar-refractivity contribution in [2.24, 2.45) is 5.73 Å². The normalized spacial score (nSPS) is 11.0. The van der Waals surface area contributed by atoms with Gasteiger partial charge in [-0.2, -0.15) is 0 Å². The van der Waals surface area contributed by atoms with E-state index in [2.05, 4.69) is 4.90 Å². The highest BCUT2D eigenvalue weighted by Gasteiger charge is 2.01. The van der Waals surface area contributed by atoms with Crippen LogP contribution in [0.5, 0.6) is 0 Å². The molecule has 0 saturated heterocycles. The molecule has 0 rings (SSSR count). The first kappa shape index (κ1) is 11.8. The van der Waals surface area contributed by atoms with E-state index in [9.17, 15) is 4.39 Å². The van der Waals surface area contributed by atoms with Crippen LogP contribution >= 0.6 is 0 Å². The first-order chi connectivity index (χ1) is 5.85. The standard InChI is InChI=1S/C8H19FN2O/c1-12-8-7-11(6-4-10)5-2-3-9/h2-8,10H2,1H3. The molecule has 0 atom stereocenters. The molecule has 0 aliphatic rings. The van der Waals surface area contributed by atoms with Crippen LogP contribution in [0.1, 0.15) is 6.42 Å².